The quantitative estimate of drug-likeness (QED) is 0.563. The molecule has 1 aromatic heterocycles. The van der Waals surface area contributed by atoms with Crippen LogP contribution in [0.4, 0.5) is 5.82 Å². The molecular weight excluding hydrogens is 230 g/mol. The monoisotopic (exact) mass is 253 g/mol. The van der Waals surface area contributed by atoms with E-state index in [1.54, 1.807) is 6.07 Å². The standard InChI is InChI=1S/C12H23N5O/c1-9(2)17(10(3)4)5-6-18-12-7-11(16-13)14-8-15-12/h7-10H,5-6,13H2,1-4H3,(H,14,15,16). The number of hydrogen-bond acceptors (Lipinski definition) is 6. The highest BCUT2D eigenvalue weighted by molar-refractivity contribution is 5.35. The summed E-state index contributed by atoms with van der Waals surface area (Å²) in [4.78, 5) is 10.3. The normalized spacial score (nSPS) is 11.3. The van der Waals surface area contributed by atoms with E-state index in [2.05, 4.69) is 48.0 Å². The molecule has 0 aliphatic carbocycles. The van der Waals surface area contributed by atoms with Crippen LogP contribution in [0.3, 0.4) is 0 Å². The molecule has 0 aliphatic rings. The molecule has 0 spiro atoms. The molecule has 3 N–H and O–H groups in total. The van der Waals surface area contributed by atoms with E-state index in [0.717, 1.165) is 6.54 Å². The number of anilines is 1. The van der Waals surface area contributed by atoms with Gasteiger partial charge in [-0.05, 0) is 27.7 Å². The number of hydrazine groups is 1. The zero-order valence-corrected chi connectivity index (χ0v) is 11.6. The fourth-order valence-corrected chi connectivity index (χ4v) is 1.87. The molecule has 0 amide bonds. The number of hydrogen-bond donors (Lipinski definition) is 2. The van der Waals surface area contributed by atoms with Crippen LogP contribution in [0.1, 0.15) is 27.7 Å². The molecule has 0 atom stereocenters. The van der Waals surface area contributed by atoms with Crippen LogP contribution in [0.2, 0.25) is 0 Å². The zero-order valence-electron chi connectivity index (χ0n) is 11.6. The third kappa shape index (κ3) is 4.46. The lowest BCUT2D eigenvalue weighted by atomic mass is 10.2. The summed E-state index contributed by atoms with van der Waals surface area (Å²) in [5.74, 6) is 6.35. The van der Waals surface area contributed by atoms with Gasteiger partial charge < -0.3 is 10.2 Å². The summed E-state index contributed by atoms with van der Waals surface area (Å²) in [6.07, 6.45) is 1.42. The van der Waals surface area contributed by atoms with Crippen LogP contribution in [0, 0.1) is 0 Å². The molecule has 6 nitrogen and oxygen atoms in total. The maximum atomic E-state index is 5.59. The summed E-state index contributed by atoms with van der Waals surface area (Å²) in [7, 11) is 0. The third-order valence-corrected chi connectivity index (χ3v) is 2.72. The second kappa shape index (κ2) is 7.13. The van der Waals surface area contributed by atoms with E-state index in [4.69, 9.17) is 10.6 Å². The highest BCUT2D eigenvalue weighted by Crippen LogP contribution is 2.10. The lowest BCUT2D eigenvalue weighted by Crippen LogP contribution is -2.39. The summed E-state index contributed by atoms with van der Waals surface area (Å²) in [5, 5.41) is 0. The molecule has 0 unspecified atom stereocenters. The zero-order chi connectivity index (χ0) is 13.5. The van der Waals surface area contributed by atoms with Crippen LogP contribution in [-0.4, -0.2) is 40.1 Å². The first-order chi connectivity index (χ1) is 8.54. The number of ether oxygens (including phenoxy) is 1. The van der Waals surface area contributed by atoms with Gasteiger partial charge in [-0.25, -0.2) is 15.8 Å². The molecule has 18 heavy (non-hydrogen) atoms. The number of aromatic nitrogens is 2. The lowest BCUT2D eigenvalue weighted by Gasteiger charge is -2.30. The molecule has 0 aliphatic heterocycles. The van der Waals surface area contributed by atoms with E-state index in [-0.39, 0.29) is 0 Å². The lowest BCUT2D eigenvalue weighted by molar-refractivity contribution is 0.140. The Morgan fingerprint density at radius 3 is 2.50 bits per heavy atom. The van der Waals surface area contributed by atoms with Crippen molar-refractivity contribution in [1.29, 1.82) is 0 Å². The van der Waals surface area contributed by atoms with Crippen molar-refractivity contribution in [3.63, 3.8) is 0 Å². The second-order valence-corrected chi connectivity index (χ2v) is 4.66. The van der Waals surface area contributed by atoms with Gasteiger partial charge in [0.25, 0.3) is 0 Å². The number of rotatable bonds is 7. The molecule has 0 saturated heterocycles. The van der Waals surface area contributed by atoms with Crippen molar-refractivity contribution in [2.45, 2.75) is 39.8 Å². The van der Waals surface area contributed by atoms with Crippen LogP contribution in [0.25, 0.3) is 0 Å². The molecule has 1 aromatic rings. The summed E-state index contributed by atoms with van der Waals surface area (Å²) < 4.78 is 5.59. The SMILES string of the molecule is CC(C)N(CCOc1cc(NN)ncn1)C(C)C. The molecule has 0 radical (unpaired) electrons. The van der Waals surface area contributed by atoms with Gasteiger partial charge in [0.05, 0.1) is 0 Å². The van der Waals surface area contributed by atoms with Gasteiger partial charge in [-0.2, -0.15) is 0 Å². The molecule has 1 rings (SSSR count). The number of nitrogen functional groups attached to an aromatic ring is 1. The summed E-state index contributed by atoms with van der Waals surface area (Å²) in [6, 6.07) is 2.68. The van der Waals surface area contributed by atoms with Crippen molar-refractivity contribution in [1.82, 2.24) is 14.9 Å². The Labute approximate surface area is 109 Å². The first-order valence-electron chi connectivity index (χ1n) is 6.21. The van der Waals surface area contributed by atoms with Gasteiger partial charge in [-0.1, -0.05) is 0 Å². The van der Waals surface area contributed by atoms with Crippen LogP contribution >= 0.6 is 0 Å². The van der Waals surface area contributed by atoms with E-state index in [1.165, 1.54) is 6.33 Å². The maximum Gasteiger partial charge on any atom is 0.218 e. The predicted octanol–water partition coefficient (Wildman–Crippen LogP) is 1.26. The topological polar surface area (TPSA) is 76.3 Å². The minimum Gasteiger partial charge on any atom is -0.476 e. The number of nitrogens with one attached hydrogen (secondary N) is 1. The fourth-order valence-electron chi connectivity index (χ4n) is 1.87. The number of nitrogens with two attached hydrogens (primary N) is 1. The molecule has 1 heterocycles. The summed E-state index contributed by atoms with van der Waals surface area (Å²) in [6.45, 7) is 10.2. The van der Waals surface area contributed by atoms with Crippen LogP contribution in [0.15, 0.2) is 12.4 Å². The van der Waals surface area contributed by atoms with Crippen molar-refractivity contribution in [3.05, 3.63) is 12.4 Å². The first kappa shape index (κ1) is 14.7. The summed E-state index contributed by atoms with van der Waals surface area (Å²) >= 11 is 0. The molecular formula is C12H23N5O. The Morgan fingerprint density at radius 2 is 1.94 bits per heavy atom. The predicted molar refractivity (Wildman–Crippen MR) is 72.3 cm³/mol. The van der Waals surface area contributed by atoms with Gasteiger partial charge in [-0.15, -0.1) is 0 Å². The molecule has 0 saturated carbocycles. The summed E-state index contributed by atoms with van der Waals surface area (Å²) in [5.41, 5.74) is 2.46. The van der Waals surface area contributed by atoms with Crippen molar-refractivity contribution < 1.29 is 4.74 Å². The average molecular weight is 253 g/mol. The van der Waals surface area contributed by atoms with Crippen molar-refractivity contribution in [3.8, 4) is 5.88 Å². The van der Waals surface area contributed by atoms with E-state index in [1.807, 2.05) is 0 Å². The van der Waals surface area contributed by atoms with Gasteiger partial charge in [0.15, 0.2) is 0 Å². The molecule has 102 valence electrons. The van der Waals surface area contributed by atoms with E-state index < -0.39 is 0 Å². The smallest absolute Gasteiger partial charge is 0.218 e. The van der Waals surface area contributed by atoms with E-state index in [9.17, 15) is 0 Å². The van der Waals surface area contributed by atoms with E-state index >= 15 is 0 Å². The molecule has 0 aromatic carbocycles. The Morgan fingerprint density at radius 1 is 1.28 bits per heavy atom. The highest BCUT2D eigenvalue weighted by atomic mass is 16.5. The molecule has 0 fully saturated rings. The maximum absolute atomic E-state index is 5.59. The number of nitrogens with zero attached hydrogens (tertiary/aromatic N) is 3. The van der Waals surface area contributed by atoms with Gasteiger partial charge in [0.2, 0.25) is 5.88 Å². The largest absolute Gasteiger partial charge is 0.476 e. The Hall–Kier alpha value is -1.40. The first-order valence-corrected chi connectivity index (χ1v) is 6.21. The Bertz CT molecular complexity index is 348. The van der Waals surface area contributed by atoms with E-state index in [0.29, 0.717) is 30.4 Å². The van der Waals surface area contributed by atoms with Crippen molar-refractivity contribution >= 4 is 5.82 Å². The van der Waals surface area contributed by atoms with Crippen LogP contribution < -0.4 is 16.0 Å². The molecule has 0 bridgehead atoms. The van der Waals surface area contributed by atoms with Crippen LogP contribution in [-0.2, 0) is 0 Å². The minimum absolute atomic E-state index is 0.500. The van der Waals surface area contributed by atoms with Crippen LogP contribution in [0.5, 0.6) is 5.88 Å². The average Bonchev–Trinajstić information content (AvgIpc) is 2.34. The van der Waals surface area contributed by atoms with Gasteiger partial charge >= 0.3 is 0 Å². The molecule has 6 heteroatoms. The minimum atomic E-state index is 0.500. The highest BCUT2D eigenvalue weighted by Gasteiger charge is 2.12. The van der Waals surface area contributed by atoms with Gasteiger partial charge in [-0.3, -0.25) is 4.90 Å². The van der Waals surface area contributed by atoms with Gasteiger partial charge in [0, 0.05) is 24.7 Å². The Kier molecular flexibility index (Phi) is 5.80. The Balaban J connectivity index is 2.44. The van der Waals surface area contributed by atoms with Crippen molar-refractivity contribution in [2.75, 3.05) is 18.6 Å². The van der Waals surface area contributed by atoms with Crippen molar-refractivity contribution in [2.24, 2.45) is 5.84 Å². The fraction of sp³-hybridized carbons (Fsp3) is 0.667. The second-order valence-electron chi connectivity index (χ2n) is 4.66. The third-order valence-electron chi connectivity index (χ3n) is 2.72. The van der Waals surface area contributed by atoms with Gasteiger partial charge in [0.1, 0.15) is 18.8 Å².